The average Bonchev–Trinajstić information content (AvgIpc) is 3.21. The lowest BCUT2D eigenvalue weighted by Gasteiger charge is -2.07. The lowest BCUT2D eigenvalue weighted by Crippen LogP contribution is -2.23. The molecule has 0 saturated carbocycles. The quantitative estimate of drug-likeness (QED) is 0.551. The molecule has 0 unspecified atom stereocenters. The minimum absolute atomic E-state index is 0.0646. The molecular formula is C20H21N3O4S. The standard InChI is InChI=1S/C20H21N3O4S/c1-25-14-8-9-16(17(12-14)26-2)20-22-19(27-23-20)13-21-18(24)10-11-28-15-6-4-3-5-7-15/h3-9,12H,10-11,13H2,1-2H3,(H,21,24). The first-order valence-electron chi connectivity index (χ1n) is 8.69. The normalized spacial score (nSPS) is 10.5. The second kappa shape index (κ2) is 9.80. The van der Waals surface area contributed by atoms with Gasteiger partial charge in [0.2, 0.25) is 17.6 Å². The third-order valence-electron chi connectivity index (χ3n) is 3.90. The number of nitrogens with one attached hydrogen (secondary N) is 1. The van der Waals surface area contributed by atoms with Crippen LogP contribution in [0.3, 0.4) is 0 Å². The number of thioether (sulfide) groups is 1. The van der Waals surface area contributed by atoms with Crippen LogP contribution in [-0.2, 0) is 11.3 Å². The van der Waals surface area contributed by atoms with Crippen LogP contribution in [-0.4, -0.2) is 36.0 Å². The molecule has 0 radical (unpaired) electrons. The molecule has 0 aliphatic rings. The zero-order valence-corrected chi connectivity index (χ0v) is 16.5. The maximum Gasteiger partial charge on any atom is 0.246 e. The molecule has 0 fully saturated rings. The first-order valence-corrected chi connectivity index (χ1v) is 9.67. The van der Waals surface area contributed by atoms with Crippen LogP contribution in [0.5, 0.6) is 11.5 Å². The predicted octanol–water partition coefficient (Wildman–Crippen LogP) is 3.55. The number of aromatic nitrogens is 2. The van der Waals surface area contributed by atoms with E-state index in [4.69, 9.17) is 14.0 Å². The van der Waals surface area contributed by atoms with Crippen molar-refractivity contribution in [2.45, 2.75) is 17.9 Å². The number of rotatable bonds is 9. The van der Waals surface area contributed by atoms with Crippen molar-refractivity contribution in [1.29, 1.82) is 0 Å². The molecule has 7 nitrogen and oxygen atoms in total. The van der Waals surface area contributed by atoms with Crippen molar-refractivity contribution in [2.75, 3.05) is 20.0 Å². The summed E-state index contributed by atoms with van der Waals surface area (Å²) in [5.74, 6) is 2.61. The highest BCUT2D eigenvalue weighted by Crippen LogP contribution is 2.31. The van der Waals surface area contributed by atoms with E-state index in [1.165, 1.54) is 0 Å². The fraction of sp³-hybridized carbons (Fsp3) is 0.250. The number of ether oxygens (including phenoxy) is 2. The predicted molar refractivity (Wildman–Crippen MR) is 106 cm³/mol. The third-order valence-corrected chi connectivity index (χ3v) is 4.91. The summed E-state index contributed by atoms with van der Waals surface area (Å²) in [6.45, 7) is 0.181. The molecule has 1 heterocycles. The Morgan fingerprint density at radius 3 is 2.71 bits per heavy atom. The van der Waals surface area contributed by atoms with Crippen molar-refractivity contribution in [1.82, 2.24) is 15.5 Å². The molecule has 1 amide bonds. The van der Waals surface area contributed by atoms with Crippen LogP contribution >= 0.6 is 11.8 Å². The highest BCUT2D eigenvalue weighted by molar-refractivity contribution is 7.99. The molecule has 0 atom stereocenters. The Bertz CT molecular complexity index is 915. The van der Waals surface area contributed by atoms with Gasteiger partial charge in [-0.25, -0.2) is 0 Å². The fourth-order valence-electron chi connectivity index (χ4n) is 2.46. The van der Waals surface area contributed by atoms with Gasteiger partial charge in [-0.3, -0.25) is 4.79 Å². The van der Waals surface area contributed by atoms with Crippen LogP contribution in [0.4, 0.5) is 0 Å². The average molecular weight is 399 g/mol. The molecule has 0 aliphatic carbocycles. The van der Waals surface area contributed by atoms with Crippen molar-refractivity contribution in [2.24, 2.45) is 0 Å². The first-order chi connectivity index (χ1) is 13.7. The van der Waals surface area contributed by atoms with E-state index in [1.807, 2.05) is 30.3 Å². The molecule has 28 heavy (non-hydrogen) atoms. The van der Waals surface area contributed by atoms with Gasteiger partial charge in [-0.2, -0.15) is 4.98 Å². The molecule has 0 aliphatic heterocycles. The Kier molecular flexibility index (Phi) is 6.91. The second-order valence-electron chi connectivity index (χ2n) is 5.77. The van der Waals surface area contributed by atoms with Gasteiger partial charge in [0.05, 0.1) is 26.3 Å². The molecule has 2 aromatic carbocycles. The maximum absolute atomic E-state index is 12.0. The van der Waals surface area contributed by atoms with Gasteiger partial charge in [0.25, 0.3) is 0 Å². The third kappa shape index (κ3) is 5.26. The summed E-state index contributed by atoms with van der Waals surface area (Å²) in [5, 5.41) is 6.77. The van der Waals surface area contributed by atoms with E-state index in [2.05, 4.69) is 15.5 Å². The van der Waals surface area contributed by atoms with Crippen LogP contribution in [0.15, 0.2) is 57.9 Å². The van der Waals surface area contributed by atoms with Crippen molar-refractivity contribution in [3.63, 3.8) is 0 Å². The fourth-order valence-corrected chi connectivity index (χ4v) is 3.33. The largest absolute Gasteiger partial charge is 0.497 e. The van der Waals surface area contributed by atoms with E-state index in [-0.39, 0.29) is 12.5 Å². The zero-order chi connectivity index (χ0) is 19.8. The number of carbonyl (C=O) groups excluding carboxylic acids is 1. The van der Waals surface area contributed by atoms with Gasteiger partial charge in [0.1, 0.15) is 11.5 Å². The van der Waals surface area contributed by atoms with Crippen LogP contribution in [0.1, 0.15) is 12.3 Å². The molecule has 1 N–H and O–H groups in total. The summed E-state index contributed by atoms with van der Waals surface area (Å²) >= 11 is 1.64. The van der Waals surface area contributed by atoms with Gasteiger partial charge in [0, 0.05) is 23.1 Å². The summed E-state index contributed by atoms with van der Waals surface area (Å²) in [4.78, 5) is 17.5. The number of nitrogens with zero attached hydrogens (tertiary/aromatic N) is 2. The molecule has 146 valence electrons. The van der Waals surface area contributed by atoms with Gasteiger partial charge in [-0.15, -0.1) is 11.8 Å². The summed E-state index contributed by atoms with van der Waals surface area (Å²) in [6.07, 6.45) is 0.410. The summed E-state index contributed by atoms with van der Waals surface area (Å²) < 4.78 is 15.8. The lowest BCUT2D eigenvalue weighted by molar-refractivity contribution is -0.120. The van der Waals surface area contributed by atoms with Crippen LogP contribution in [0.25, 0.3) is 11.4 Å². The Morgan fingerprint density at radius 2 is 1.96 bits per heavy atom. The summed E-state index contributed by atoms with van der Waals surface area (Å²) in [7, 11) is 3.15. The number of carbonyl (C=O) groups is 1. The highest BCUT2D eigenvalue weighted by atomic mass is 32.2. The topological polar surface area (TPSA) is 86.5 Å². The van der Waals surface area contributed by atoms with Gasteiger partial charge in [-0.05, 0) is 24.3 Å². The molecule has 3 aromatic rings. The Hall–Kier alpha value is -3.00. The molecule has 0 spiro atoms. The molecule has 1 aromatic heterocycles. The van der Waals surface area contributed by atoms with E-state index < -0.39 is 0 Å². The van der Waals surface area contributed by atoms with Gasteiger partial charge < -0.3 is 19.3 Å². The zero-order valence-electron chi connectivity index (χ0n) is 15.7. The van der Waals surface area contributed by atoms with Crippen molar-refractivity contribution >= 4 is 17.7 Å². The van der Waals surface area contributed by atoms with E-state index in [9.17, 15) is 4.79 Å². The Labute approximate surface area is 167 Å². The summed E-state index contributed by atoms with van der Waals surface area (Å²) in [6, 6.07) is 15.3. The molecular weight excluding hydrogens is 378 g/mol. The van der Waals surface area contributed by atoms with E-state index in [1.54, 1.807) is 44.2 Å². The van der Waals surface area contributed by atoms with E-state index in [0.717, 1.165) is 4.90 Å². The summed E-state index contributed by atoms with van der Waals surface area (Å²) in [5.41, 5.74) is 0.684. The SMILES string of the molecule is COc1ccc(-c2noc(CNC(=O)CCSc3ccccc3)n2)c(OC)c1. The van der Waals surface area contributed by atoms with E-state index >= 15 is 0 Å². The van der Waals surface area contributed by atoms with Crippen molar-refractivity contribution < 1.29 is 18.8 Å². The number of benzene rings is 2. The smallest absolute Gasteiger partial charge is 0.246 e. The minimum atomic E-state index is -0.0646. The second-order valence-corrected chi connectivity index (χ2v) is 6.93. The number of hydrogen-bond donors (Lipinski definition) is 1. The number of methoxy groups -OCH3 is 2. The molecule has 3 rings (SSSR count). The lowest BCUT2D eigenvalue weighted by atomic mass is 10.2. The van der Waals surface area contributed by atoms with Crippen LogP contribution < -0.4 is 14.8 Å². The molecule has 0 bridgehead atoms. The van der Waals surface area contributed by atoms with Gasteiger partial charge in [-0.1, -0.05) is 23.4 Å². The van der Waals surface area contributed by atoms with Gasteiger partial charge in [0.15, 0.2) is 0 Å². The van der Waals surface area contributed by atoms with Crippen molar-refractivity contribution in [3.05, 3.63) is 54.4 Å². The monoisotopic (exact) mass is 399 g/mol. The maximum atomic E-state index is 12.0. The van der Waals surface area contributed by atoms with Crippen LogP contribution in [0.2, 0.25) is 0 Å². The first kappa shape index (κ1) is 19.8. The minimum Gasteiger partial charge on any atom is -0.497 e. The van der Waals surface area contributed by atoms with E-state index in [0.29, 0.717) is 41.0 Å². The van der Waals surface area contributed by atoms with Crippen LogP contribution in [0, 0.1) is 0 Å². The highest BCUT2D eigenvalue weighted by Gasteiger charge is 2.15. The Morgan fingerprint density at radius 1 is 1.14 bits per heavy atom. The molecule has 0 saturated heterocycles. The number of hydrogen-bond acceptors (Lipinski definition) is 7. The van der Waals surface area contributed by atoms with Crippen molar-refractivity contribution in [3.8, 4) is 22.9 Å². The Balaban J connectivity index is 1.51. The number of amides is 1. The van der Waals surface area contributed by atoms with Gasteiger partial charge >= 0.3 is 0 Å². The molecule has 8 heteroatoms.